The van der Waals surface area contributed by atoms with Crippen molar-refractivity contribution in [1.82, 2.24) is 19.6 Å². The van der Waals surface area contributed by atoms with Crippen molar-refractivity contribution in [3.05, 3.63) is 17.5 Å². The standard InChI is InChI=1S/C23H36N4O2/c1-2-3-6-18-8-10-19(11-9-18)22(28)25-13-15-26(16-14-25)23(29)21-17-20-7-4-5-12-27(20)24-21/h17-19H,2-16H2,1H3. The Bertz CT molecular complexity index is 689. The first kappa shape index (κ1) is 20.4. The van der Waals surface area contributed by atoms with Crippen molar-refractivity contribution in [2.24, 2.45) is 11.8 Å². The van der Waals surface area contributed by atoms with Gasteiger partial charge in [0.15, 0.2) is 5.69 Å². The molecule has 1 aromatic rings. The number of carbonyl (C=O) groups excluding carboxylic acids is 2. The molecule has 0 atom stereocenters. The third kappa shape index (κ3) is 4.67. The average Bonchev–Trinajstić information content (AvgIpc) is 3.21. The highest BCUT2D eigenvalue weighted by Crippen LogP contribution is 2.33. The Morgan fingerprint density at radius 3 is 2.41 bits per heavy atom. The fraction of sp³-hybridized carbons (Fsp3) is 0.783. The molecule has 0 N–H and O–H groups in total. The zero-order chi connectivity index (χ0) is 20.2. The number of aryl methyl sites for hydroxylation is 2. The van der Waals surface area contributed by atoms with Gasteiger partial charge >= 0.3 is 0 Å². The molecule has 1 saturated carbocycles. The van der Waals surface area contributed by atoms with Crippen molar-refractivity contribution in [3.63, 3.8) is 0 Å². The predicted molar refractivity (Wildman–Crippen MR) is 113 cm³/mol. The normalized spacial score (nSPS) is 25.0. The van der Waals surface area contributed by atoms with Gasteiger partial charge < -0.3 is 9.80 Å². The van der Waals surface area contributed by atoms with Crippen LogP contribution in [-0.2, 0) is 17.8 Å². The van der Waals surface area contributed by atoms with E-state index in [2.05, 4.69) is 12.0 Å². The smallest absolute Gasteiger partial charge is 0.274 e. The lowest BCUT2D eigenvalue weighted by Crippen LogP contribution is -2.52. The van der Waals surface area contributed by atoms with Crippen molar-refractivity contribution in [2.75, 3.05) is 26.2 Å². The maximum absolute atomic E-state index is 13.0. The molecule has 160 valence electrons. The summed E-state index contributed by atoms with van der Waals surface area (Å²) in [6.07, 6.45) is 11.8. The molecular weight excluding hydrogens is 364 g/mol. The van der Waals surface area contributed by atoms with Gasteiger partial charge in [0.05, 0.1) is 0 Å². The minimum absolute atomic E-state index is 0.0235. The second kappa shape index (κ2) is 9.31. The number of piperazine rings is 1. The summed E-state index contributed by atoms with van der Waals surface area (Å²) in [5.41, 5.74) is 1.76. The van der Waals surface area contributed by atoms with Gasteiger partial charge in [-0.25, -0.2) is 0 Å². The van der Waals surface area contributed by atoms with Gasteiger partial charge in [0, 0.05) is 44.3 Å². The molecule has 0 aromatic carbocycles. The van der Waals surface area contributed by atoms with Gasteiger partial charge in [-0.3, -0.25) is 14.3 Å². The fourth-order valence-corrected chi connectivity index (χ4v) is 5.26. The molecule has 3 aliphatic rings. The van der Waals surface area contributed by atoms with E-state index in [9.17, 15) is 9.59 Å². The maximum Gasteiger partial charge on any atom is 0.274 e. The van der Waals surface area contributed by atoms with Crippen LogP contribution in [0.2, 0.25) is 0 Å². The Labute approximate surface area is 174 Å². The highest BCUT2D eigenvalue weighted by Gasteiger charge is 2.32. The number of amides is 2. The van der Waals surface area contributed by atoms with Gasteiger partial charge in [0.1, 0.15) is 0 Å². The van der Waals surface area contributed by atoms with E-state index in [4.69, 9.17) is 0 Å². The van der Waals surface area contributed by atoms with Crippen LogP contribution < -0.4 is 0 Å². The van der Waals surface area contributed by atoms with E-state index in [1.165, 1.54) is 44.2 Å². The molecular formula is C23H36N4O2. The van der Waals surface area contributed by atoms with Crippen molar-refractivity contribution in [2.45, 2.75) is 77.7 Å². The number of hydrogen-bond acceptors (Lipinski definition) is 3. The van der Waals surface area contributed by atoms with Crippen molar-refractivity contribution in [1.29, 1.82) is 0 Å². The Morgan fingerprint density at radius 2 is 1.72 bits per heavy atom. The molecule has 3 heterocycles. The zero-order valence-corrected chi connectivity index (χ0v) is 17.9. The Balaban J connectivity index is 1.25. The molecule has 0 unspecified atom stereocenters. The van der Waals surface area contributed by atoms with Crippen LogP contribution in [-0.4, -0.2) is 57.6 Å². The van der Waals surface area contributed by atoms with E-state index in [-0.39, 0.29) is 11.8 Å². The molecule has 6 heteroatoms. The second-order valence-corrected chi connectivity index (χ2v) is 9.18. The quantitative estimate of drug-likeness (QED) is 0.760. The van der Waals surface area contributed by atoms with Crippen LogP contribution in [0.3, 0.4) is 0 Å². The SMILES string of the molecule is CCCCC1CCC(C(=O)N2CCN(C(=O)c3cc4n(n3)CCCC4)CC2)CC1. The molecule has 29 heavy (non-hydrogen) atoms. The summed E-state index contributed by atoms with van der Waals surface area (Å²) >= 11 is 0. The predicted octanol–water partition coefficient (Wildman–Crippen LogP) is 3.50. The highest BCUT2D eigenvalue weighted by molar-refractivity contribution is 5.92. The molecule has 0 radical (unpaired) electrons. The Morgan fingerprint density at radius 1 is 1.00 bits per heavy atom. The number of fused-ring (bicyclic) bond motifs is 1. The molecule has 6 nitrogen and oxygen atoms in total. The van der Waals surface area contributed by atoms with E-state index in [0.717, 1.165) is 38.1 Å². The molecule has 4 rings (SSSR count). The van der Waals surface area contributed by atoms with E-state index < -0.39 is 0 Å². The zero-order valence-electron chi connectivity index (χ0n) is 17.9. The van der Waals surface area contributed by atoms with Gasteiger partial charge in [-0.1, -0.05) is 26.2 Å². The molecule has 1 saturated heterocycles. The van der Waals surface area contributed by atoms with Crippen LogP contribution in [0.4, 0.5) is 0 Å². The number of aromatic nitrogens is 2. The summed E-state index contributed by atoms with van der Waals surface area (Å²) in [5, 5.41) is 4.53. The summed E-state index contributed by atoms with van der Waals surface area (Å²) < 4.78 is 1.99. The summed E-state index contributed by atoms with van der Waals surface area (Å²) in [6, 6.07) is 1.97. The topological polar surface area (TPSA) is 58.4 Å². The first-order valence-electron chi connectivity index (χ1n) is 11.8. The molecule has 2 amide bonds. The van der Waals surface area contributed by atoms with E-state index >= 15 is 0 Å². The molecule has 2 fully saturated rings. The molecule has 2 aliphatic heterocycles. The van der Waals surface area contributed by atoms with Crippen LogP contribution in [0, 0.1) is 11.8 Å². The Kier molecular flexibility index (Phi) is 6.56. The number of rotatable bonds is 5. The van der Waals surface area contributed by atoms with Gasteiger partial charge in [0.2, 0.25) is 5.91 Å². The van der Waals surface area contributed by atoms with Crippen LogP contribution in [0.1, 0.15) is 80.9 Å². The second-order valence-electron chi connectivity index (χ2n) is 9.18. The number of carbonyl (C=O) groups is 2. The lowest BCUT2D eigenvalue weighted by Gasteiger charge is -2.37. The van der Waals surface area contributed by atoms with E-state index in [1.54, 1.807) is 0 Å². The van der Waals surface area contributed by atoms with E-state index in [1.807, 2.05) is 20.5 Å². The first-order valence-corrected chi connectivity index (χ1v) is 11.8. The van der Waals surface area contributed by atoms with Crippen LogP contribution in [0.15, 0.2) is 6.07 Å². The van der Waals surface area contributed by atoms with Crippen LogP contribution in [0.25, 0.3) is 0 Å². The summed E-state index contributed by atoms with van der Waals surface area (Å²) in [6.45, 7) is 5.74. The van der Waals surface area contributed by atoms with E-state index in [0.29, 0.717) is 37.8 Å². The van der Waals surface area contributed by atoms with Crippen LogP contribution in [0.5, 0.6) is 0 Å². The lowest BCUT2D eigenvalue weighted by molar-refractivity contribution is -0.138. The van der Waals surface area contributed by atoms with Gasteiger partial charge in [0.25, 0.3) is 5.91 Å². The van der Waals surface area contributed by atoms with Crippen LogP contribution >= 0.6 is 0 Å². The van der Waals surface area contributed by atoms with Crippen molar-refractivity contribution < 1.29 is 9.59 Å². The third-order valence-corrected chi connectivity index (χ3v) is 7.18. The number of hydrogen-bond donors (Lipinski definition) is 0. The molecule has 1 aliphatic carbocycles. The number of unbranched alkanes of at least 4 members (excludes halogenated alkanes) is 1. The lowest BCUT2D eigenvalue weighted by atomic mass is 9.79. The van der Waals surface area contributed by atoms with Gasteiger partial charge in [-0.2, -0.15) is 5.10 Å². The average molecular weight is 401 g/mol. The minimum atomic E-state index is 0.0235. The van der Waals surface area contributed by atoms with Gasteiger partial charge in [-0.15, -0.1) is 0 Å². The first-order chi connectivity index (χ1) is 14.2. The summed E-state index contributed by atoms with van der Waals surface area (Å²) in [7, 11) is 0. The monoisotopic (exact) mass is 400 g/mol. The van der Waals surface area contributed by atoms with Gasteiger partial charge in [-0.05, 0) is 56.9 Å². The third-order valence-electron chi connectivity index (χ3n) is 7.18. The van der Waals surface area contributed by atoms with Crippen molar-refractivity contribution >= 4 is 11.8 Å². The summed E-state index contributed by atoms with van der Waals surface area (Å²) in [5.74, 6) is 1.38. The maximum atomic E-state index is 13.0. The molecule has 0 bridgehead atoms. The highest BCUT2D eigenvalue weighted by atomic mass is 16.2. The minimum Gasteiger partial charge on any atom is -0.339 e. The fourth-order valence-electron chi connectivity index (χ4n) is 5.26. The Hall–Kier alpha value is -1.85. The summed E-state index contributed by atoms with van der Waals surface area (Å²) in [4.78, 5) is 29.7. The number of nitrogens with zero attached hydrogens (tertiary/aromatic N) is 4. The largest absolute Gasteiger partial charge is 0.339 e. The van der Waals surface area contributed by atoms with Crippen molar-refractivity contribution in [3.8, 4) is 0 Å². The molecule has 1 aromatic heterocycles. The molecule has 0 spiro atoms.